The molecule has 1 saturated carbocycles. The summed E-state index contributed by atoms with van der Waals surface area (Å²) in [6, 6.07) is 8.93. The van der Waals surface area contributed by atoms with Crippen molar-refractivity contribution in [3.8, 4) is 0 Å². The van der Waals surface area contributed by atoms with Gasteiger partial charge in [0.2, 0.25) is 5.91 Å². The minimum atomic E-state index is -0.266. The monoisotopic (exact) mass is 427 g/mol. The van der Waals surface area contributed by atoms with Gasteiger partial charge >= 0.3 is 0 Å². The molecule has 0 bridgehead atoms. The number of nitrogens with one attached hydrogen (secondary N) is 2. The lowest BCUT2D eigenvalue weighted by atomic mass is 10.00. The van der Waals surface area contributed by atoms with Gasteiger partial charge in [-0.05, 0) is 48.4 Å². The Morgan fingerprint density at radius 3 is 2.74 bits per heavy atom. The van der Waals surface area contributed by atoms with Crippen molar-refractivity contribution in [2.45, 2.75) is 38.3 Å². The molecule has 1 aliphatic carbocycles. The van der Waals surface area contributed by atoms with E-state index in [9.17, 15) is 9.59 Å². The van der Waals surface area contributed by atoms with Gasteiger partial charge in [0, 0.05) is 23.0 Å². The van der Waals surface area contributed by atoms with Crippen LogP contribution in [0.3, 0.4) is 0 Å². The molecule has 8 heteroatoms. The van der Waals surface area contributed by atoms with Crippen LogP contribution in [0.2, 0.25) is 5.02 Å². The summed E-state index contributed by atoms with van der Waals surface area (Å²) < 4.78 is 0. The van der Waals surface area contributed by atoms with Gasteiger partial charge < -0.3 is 16.4 Å². The van der Waals surface area contributed by atoms with E-state index < -0.39 is 0 Å². The van der Waals surface area contributed by atoms with E-state index in [0.29, 0.717) is 29.2 Å². The van der Waals surface area contributed by atoms with E-state index in [2.05, 4.69) is 10.6 Å². The fourth-order valence-corrected chi connectivity index (χ4v) is 4.07. The van der Waals surface area contributed by atoms with Gasteiger partial charge in [0.25, 0.3) is 5.91 Å². The molecule has 1 aliphatic rings. The van der Waals surface area contributed by atoms with Crippen LogP contribution < -0.4 is 16.4 Å². The van der Waals surface area contributed by atoms with Crippen LogP contribution in [0.5, 0.6) is 0 Å². The summed E-state index contributed by atoms with van der Waals surface area (Å²) in [5.41, 5.74) is 6.94. The number of halogens is 2. The first-order valence-corrected chi connectivity index (χ1v) is 9.94. The Labute approximate surface area is 174 Å². The number of amides is 2. The SMILES string of the molecule is Cl.N[C@@H]1CCC[C@H]1CC(=O)Nc1ccc(Cl)c(C(=O)NCc2cccs2)c1. The van der Waals surface area contributed by atoms with Crippen LogP contribution in [0.25, 0.3) is 0 Å². The first kappa shape index (κ1) is 21.7. The second-order valence-corrected chi connectivity index (χ2v) is 8.00. The lowest BCUT2D eigenvalue weighted by Gasteiger charge is -2.15. The summed E-state index contributed by atoms with van der Waals surface area (Å²) >= 11 is 7.73. The van der Waals surface area contributed by atoms with Gasteiger partial charge in [0.15, 0.2) is 0 Å². The van der Waals surface area contributed by atoms with Crippen LogP contribution in [-0.2, 0) is 11.3 Å². The van der Waals surface area contributed by atoms with E-state index >= 15 is 0 Å². The Morgan fingerprint density at radius 2 is 2.07 bits per heavy atom. The number of carbonyl (C=O) groups excluding carboxylic acids is 2. The van der Waals surface area contributed by atoms with E-state index in [0.717, 1.165) is 24.1 Å². The van der Waals surface area contributed by atoms with E-state index in [1.54, 1.807) is 29.5 Å². The third kappa shape index (κ3) is 5.94. The number of anilines is 1. The Balaban J connectivity index is 0.00000261. The lowest BCUT2D eigenvalue weighted by Crippen LogP contribution is -2.28. The first-order chi connectivity index (χ1) is 12.5. The number of benzene rings is 1. The summed E-state index contributed by atoms with van der Waals surface area (Å²) in [4.78, 5) is 25.7. The molecule has 27 heavy (non-hydrogen) atoms. The normalized spacial score (nSPS) is 18.6. The van der Waals surface area contributed by atoms with Gasteiger partial charge in [0.05, 0.1) is 17.1 Å². The minimum absolute atomic E-state index is 0. The van der Waals surface area contributed by atoms with E-state index in [4.69, 9.17) is 17.3 Å². The fourth-order valence-electron chi connectivity index (χ4n) is 3.22. The van der Waals surface area contributed by atoms with Gasteiger partial charge in [-0.2, -0.15) is 0 Å². The zero-order valence-corrected chi connectivity index (χ0v) is 17.1. The summed E-state index contributed by atoms with van der Waals surface area (Å²) in [5.74, 6) is -0.118. The topological polar surface area (TPSA) is 84.2 Å². The average molecular weight is 428 g/mol. The summed E-state index contributed by atoms with van der Waals surface area (Å²) in [6.07, 6.45) is 3.46. The van der Waals surface area contributed by atoms with Crippen LogP contribution in [0.15, 0.2) is 35.7 Å². The molecular formula is C19H23Cl2N3O2S. The maximum absolute atomic E-state index is 12.4. The lowest BCUT2D eigenvalue weighted by molar-refractivity contribution is -0.117. The molecule has 1 heterocycles. The first-order valence-electron chi connectivity index (χ1n) is 8.68. The Hall–Kier alpha value is -1.60. The molecule has 2 atom stereocenters. The van der Waals surface area contributed by atoms with Gasteiger partial charge in [-0.1, -0.05) is 24.1 Å². The standard InChI is InChI=1S/C19H22ClN3O2S.ClH/c20-16-7-6-13(23-18(24)9-12-3-1-5-17(12)21)10-15(16)19(25)22-11-14-4-2-8-26-14;/h2,4,6-8,10,12,17H,1,3,5,9,11,21H2,(H,22,25)(H,23,24);1H/t12-,17+;/m0./s1. The smallest absolute Gasteiger partial charge is 0.253 e. The van der Waals surface area contributed by atoms with Crippen LogP contribution >= 0.6 is 35.3 Å². The molecule has 146 valence electrons. The van der Waals surface area contributed by atoms with Crippen molar-refractivity contribution in [1.29, 1.82) is 0 Å². The van der Waals surface area contributed by atoms with Crippen LogP contribution in [0, 0.1) is 5.92 Å². The van der Waals surface area contributed by atoms with E-state index in [1.807, 2.05) is 17.5 Å². The molecule has 1 aromatic heterocycles. The average Bonchev–Trinajstić information content (AvgIpc) is 3.27. The van der Waals surface area contributed by atoms with E-state index in [1.165, 1.54) is 0 Å². The zero-order chi connectivity index (χ0) is 18.5. The number of thiophene rings is 1. The highest BCUT2D eigenvalue weighted by molar-refractivity contribution is 7.09. The second-order valence-electron chi connectivity index (χ2n) is 6.56. The van der Waals surface area contributed by atoms with Gasteiger partial charge in [-0.15, -0.1) is 23.7 Å². The number of rotatable bonds is 6. The number of nitrogens with two attached hydrogens (primary N) is 1. The quantitative estimate of drug-likeness (QED) is 0.645. The van der Waals surface area contributed by atoms with Crippen molar-refractivity contribution in [2.75, 3.05) is 5.32 Å². The highest BCUT2D eigenvalue weighted by Gasteiger charge is 2.26. The molecule has 1 fully saturated rings. The second kappa shape index (κ2) is 10.1. The summed E-state index contributed by atoms with van der Waals surface area (Å²) in [7, 11) is 0. The number of hydrogen-bond acceptors (Lipinski definition) is 4. The Kier molecular flexibility index (Phi) is 8.10. The zero-order valence-electron chi connectivity index (χ0n) is 14.7. The van der Waals surface area contributed by atoms with E-state index in [-0.39, 0.29) is 36.2 Å². The molecule has 4 N–H and O–H groups in total. The molecule has 5 nitrogen and oxygen atoms in total. The largest absolute Gasteiger partial charge is 0.347 e. The molecule has 2 aromatic rings. The third-order valence-corrected chi connectivity index (χ3v) is 5.87. The third-order valence-electron chi connectivity index (χ3n) is 4.66. The van der Waals surface area contributed by atoms with Crippen molar-refractivity contribution in [3.05, 3.63) is 51.2 Å². The molecule has 0 aliphatic heterocycles. The van der Waals surface area contributed by atoms with Gasteiger partial charge in [0.1, 0.15) is 0 Å². The predicted octanol–water partition coefficient (Wildman–Crippen LogP) is 4.21. The van der Waals surface area contributed by atoms with Crippen LogP contribution in [0.1, 0.15) is 40.9 Å². The Morgan fingerprint density at radius 1 is 1.26 bits per heavy atom. The molecular weight excluding hydrogens is 405 g/mol. The molecule has 0 spiro atoms. The van der Waals surface area contributed by atoms with Crippen molar-refractivity contribution >= 4 is 52.8 Å². The Bertz CT molecular complexity index is 783. The summed E-state index contributed by atoms with van der Waals surface area (Å²) in [5, 5.41) is 8.01. The maximum atomic E-state index is 12.4. The fraction of sp³-hybridized carbons (Fsp3) is 0.368. The minimum Gasteiger partial charge on any atom is -0.347 e. The highest BCUT2D eigenvalue weighted by atomic mass is 35.5. The number of carbonyl (C=O) groups is 2. The van der Waals surface area contributed by atoms with Gasteiger partial charge in [-0.25, -0.2) is 0 Å². The molecule has 3 rings (SSSR count). The maximum Gasteiger partial charge on any atom is 0.253 e. The highest BCUT2D eigenvalue weighted by Crippen LogP contribution is 2.27. The molecule has 0 unspecified atom stereocenters. The predicted molar refractivity (Wildman–Crippen MR) is 113 cm³/mol. The molecule has 0 radical (unpaired) electrons. The summed E-state index contributed by atoms with van der Waals surface area (Å²) in [6.45, 7) is 0.447. The van der Waals surface area contributed by atoms with Crippen LogP contribution in [0.4, 0.5) is 5.69 Å². The van der Waals surface area contributed by atoms with Crippen molar-refractivity contribution in [1.82, 2.24) is 5.32 Å². The van der Waals surface area contributed by atoms with Crippen molar-refractivity contribution in [3.63, 3.8) is 0 Å². The molecule has 0 saturated heterocycles. The van der Waals surface area contributed by atoms with Gasteiger partial charge in [-0.3, -0.25) is 9.59 Å². The molecule has 1 aromatic carbocycles. The van der Waals surface area contributed by atoms with Crippen molar-refractivity contribution < 1.29 is 9.59 Å². The van der Waals surface area contributed by atoms with Crippen LogP contribution in [-0.4, -0.2) is 17.9 Å². The molecule has 2 amide bonds. The van der Waals surface area contributed by atoms with Crippen molar-refractivity contribution in [2.24, 2.45) is 11.7 Å². The number of hydrogen-bond donors (Lipinski definition) is 3.